The molecule has 0 fully saturated rings. The Balaban J connectivity index is 2.14. The number of thiophene rings is 1. The number of rotatable bonds is 12. The maximum absolute atomic E-state index is 9.18. The molecule has 3 heteroatoms. The molecule has 0 aromatic carbocycles. The third-order valence-electron chi connectivity index (χ3n) is 4.05. The van der Waals surface area contributed by atoms with Crippen LogP contribution in [0, 0.1) is 0 Å². The quantitative estimate of drug-likeness (QED) is 0.550. The summed E-state index contributed by atoms with van der Waals surface area (Å²) in [5, 5.41) is 9.18. The zero-order chi connectivity index (χ0) is 15.6. The molecule has 1 unspecified atom stereocenters. The first-order valence-corrected chi connectivity index (χ1v) is 9.36. The van der Waals surface area contributed by atoms with Crippen LogP contribution in [0.5, 0.6) is 0 Å². The van der Waals surface area contributed by atoms with E-state index in [-0.39, 0.29) is 6.61 Å². The molecule has 0 spiro atoms. The molecule has 1 rings (SSSR count). The average Bonchev–Trinajstić information content (AvgIpc) is 2.92. The first-order chi connectivity index (χ1) is 10.1. The van der Waals surface area contributed by atoms with Crippen LogP contribution in [0.4, 0.5) is 0 Å². The van der Waals surface area contributed by atoms with Gasteiger partial charge in [0.15, 0.2) is 0 Å². The molecule has 122 valence electrons. The van der Waals surface area contributed by atoms with Gasteiger partial charge >= 0.3 is 0 Å². The van der Waals surface area contributed by atoms with Gasteiger partial charge in [-0.15, -0.1) is 11.3 Å². The Hall–Kier alpha value is -0.380. The Labute approximate surface area is 134 Å². The molecular formula is C18H33NOS. The van der Waals surface area contributed by atoms with E-state index in [0.29, 0.717) is 0 Å². The van der Waals surface area contributed by atoms with Crippen LogP contribution in [0.3, 0.4) is 0 Å². The summed E-state index contributed by atoms with van der Waals surface area (Å²) in [6.45, 7) is 4.24. The molecule has 0 saturated heterocycles. The predicted molar refractivity (Wildman–Crippen MR) is 94.0 cm³/mol. The van der Waals surface area contributed by atoms with Crippen molar-refractivity contribution in [3.8, 4) is 0 Å². The van der Waals surface area contributed by atoms with Crippen LogP contribution < -0.4 is 5.73 Å². The van der Waals surface area contributed by atoms with E-state index in [1.807, 2.05) is 18.3 Å². The van der Waals surface area contributed by atoms with Gasteiger partial charge in [-0.3, -0.25) is 0 Å². The van der Waals surface area contributed by atoms with Crippen molar-refractivity contribution in [2.45, 2.75) is 83.6 Å². The van der Waals surface area contributed by atoms with Crippen molar-refractivity contribution in [2.24, 2.45) is 5.73 Å². The minimum absolute atomic E-state index is 0.0588. The van der Waals surface area contributed by atoms with E-state index in [1.165, 1.54) is 61.1 Å². The Kier molecular flexibility index (Phi) is 9.21. The molecule has 1 aromatic heterocycles. The molecule has 0 saturated carbocycles. The first kappa shape index (κ1) is 18.7. The van der Waals surface area contributed by atoms with Gasteiger partial charge in [0.05, 0.1) is 6.61 Å². The standard InChI is InChI=1S/C18H33NOS/c1-3-4-5-6-7-8-9-10-16-11-12-17(21-16)13-14-18(2,19)15-20/h11-12,20H,3-10,13-15,19H2,1-2H3. The zero-order valence-corrected chi connectivity index (χ0v) is 14.7. The molecular weight excluding hydrogens is 278 g/mol. The Bertz CT molecular complexity index is 373. The number of unbranched alkanes of at least 4 members (excludes halogenated alkanes) is 6. The van der Waals surface area contributed by atoms with Gasteiger partial charge in [-0.1, -0.05) is 45.4 Å². The topological polar surface area (TPSA) is 46.2 Å². The Morgan fingerprint density at radius 1 is 1.00 bits per heavy atom. The second-order valence-electron chi connectivity index (χ2n) is 6.55. The van der Waals surface area contributed by atoms with Crippen molar-refractivity contribution < 1.29 is 5.11 Å². The molecule has 0 bridgehead atoms. The highest BCUT2D eigenvalue weighted by molar-refractivity contribution is 7.11. The van der Waals surface area contributed by atoms with Crippen LogP contribution in [0.25, 0.3) is 0 Å². The summed E-state index contributed by atoms with van der Waals surface area (Å²) in [5.74, 6) is 0. The van der Waals surface area contributed by atoms with Crippen molar-refractivity contribution >= 4 is 11.3 Å². The monoisotopic (exact) mass is 311 g/mol. The van der Waals surface area contributed by atoms with Gasteiger partial charge in [0, 0.05) is 15.3 Å². The minimum Gasteiger partial charge on any atom is -0.394 e. The molecule has 0 aliphatic heterocycles. The van der Waals surface area contributed by atoms with Crippen LogP contribution in [0.1, 0.15) is 75.0 Å². The lowest BCUT2D eigenvalue weighted by molar-refractivity contribution is 0.201. The molecule has 3 N–H and O–H groups in total. The van der Waals surface area contributed by atoms with Crippen molar-refractivity contribution in [1.29, 1.82) is 0 Å². The SMILES string of the molecule is CCCCCCCCCc1ccc(CCC(C)(N)CO)s1. The highest BCUT2D eigenvalue weighted by Gasteiger charge is 2.16. The summed E-state index contributed by atoms with van der Waals surface area (Å²) in [6.07, 6.45) is 12.6. The number of aryl methyl sites for hydroxylation is 2. The van der Waals surface area contributed by atoms with Crippen LogP contribution in [0.2, 0.25) is 0 Å². The molecule has 2 nitrogen and oxygen atoms in total. The van der Waals surface area contributed by atoms with Crippen LogP contribution in [0.15, 0.2) is 12.1 Å². The van der Waals surface area contributed by atoms with Gasteiger partial charge in [0.25, 0.3) is 0 Å². The third-order valence-corrected chi connectivity index (χ3v) is 5.25. The van der Waals surface area contributed by atoms with Gasteiger partial charge in [0.1, 0.15) is 0 Å². The fraction of sp³-hybridized carbons (Fsp3) is 0.778. The van der Waals surface area contributed by atoms with Gasteiger partial charge in [-0.2, -0.15) is 0 Å². The van der Waals surface area contributed by atoms with E-state index < -0.39 is 5.54 Å². The van der Waals surface area contributed by atoms with Gasteiger partial charge in [-0.25, -0.2) is 0 Å². The van der Waals surface area contributed by atoms with E-state index in [0.717, 1.165) is 12.8 Å². The lowest BCUT2D eigenvalue weighted by Crippen LogP contribution is -2.40. The zero-order valence-electron chi connectivity index (χ0n) is 13.9. The minimum atomic E-state index is -0.442. The highest BCUT2D eigenvalue weighted by atomic mass is 32.1. The van der Waals surface area contributed by atoms with Gasteiger partial charge < -0.3 is 10.8 Å². The number of aliphatic hydroxyl groups excluding tert-OH is 1. The maximum Gasteiger partial charge on any atom is 0.0608 e. The summed E-state index contributed by atoms with van der Waals surface area (Å²) in [6, 6.07) is 4.50. The molecule has 1 atom stereocenters. The normalized spacial score (nSPS) is 14.3. The first-order valence-electron chi connectivity index (χ1n) is 8.55. The summed E-state index contributed by atoms with van der Waals surface area (Å²) in [7, 11) is 0. The fourth-order valence-corrected chi connectivity index (χ4v) is 3.49. The van der Waals surface area contributed by atoms with Gasteiger partial charge in [-0.05, 0) is 44.7 Å². The van der Waals surface area contributed by atoms with Crippen LogP contribution in [-0.4, -0.2) is 17.3 Å². The molecule has 0 aliphatic rings. The average molecular weight is 312 g/mol. The highest BCUT2D eigenvalue weighted by Crippen LogP contribution is 2.22. The Morgan fingerprint density at radius 2 is 1.57 bits per heavy atom. The van der Waals surface area contributed by atoms with Crippen LogP contribution >= 0.6 is 11.3 Å². The Morgan fingerprint density at radius 3 is 2.19 bits per heavy atom. The van der Waals surface area contributed by atoms with Crippen molar-refractivity contribution in [3.63, 3.8) is 0 Å². The van der Waals surface area contributed by atoms with E-state index in [4.69, 9.17) is 5.73 Å². The molecule has 1 aromatic rings. The smallest absolute Gasteiger partial charge is 0.0608 e. The van der Waals surface area contributed by atoms with Crippen molar-refractivity contribution in [2.75, 3.05) is 6.61 Å². The van der Waals surface area contributed by atoms with E-state index >= 15 is 0 Å². The number of hydrogen-bond donors (Lipinski definition) is 2. The van der Waals surface area contributed by atoms with E-state index in [2.05, 4.69) is 19.1 Å². The van der Waals surface area contributed by atoms with Crippen LogP contribution in [-0.2, 0) is 12.8 Å². The van der Waals surface area contributed by atoms with Crippen molar-refractivity contribution in [3.05, 3.63) is 21.9 Å². The second-order valence-corrected chi connectivity index (χ2v) is 7.80. The second kappa shape index (κ2) is 10.4. The lowest BCUT2D eigenvalue weighted by atomic mass is 9.98. The molecule has 0 amide bonds. The predicted octanol–water partition coefficient (Wildman–Crippen LogP) is 4.68. The fourth-order valence-electron chi connectivity index (χ4n) is 2.44. The van der Waals surface area contributed by atoms with Crippen molar-refractivity contribution in [1.82, 2.24) is 0 Å². The summed E-state index contributed by atoms with van der Waals surface area (Å²) < 4.78 is 0. The molecule has 21 heavy (non-hydrogen) atoms. The molecule has 1 heterocycles. The lowest BCUT2D eigenvalue weighted by Gasteiger charge is -2.20. The number of nitrogens with two attached hydrogens (primary N) is 1. The molecule has 0 radical (unpaired) electrons. The van der Waals surface area contributed by atoms with Gasteiger partial charge in [0.2, 0.25) is 0 Å². The summed E-state index contributed by atoms with van der Waals surface area (Å²) in [5.41, 5.74) is 5.53. The summed E-state index contributed by atoms with van der Waals surface area (Å²) in [4.78, 5) is 2.90. The maximum atomic E-state index is 9.18. The number of hydrogen-bond acceptors (Lipinski definition) is 3. The molecule has 0 aliphatic carbocycles. The largest absolute Gasteiger partial charge is 0.394 e. The van der Waals surface area contributed by atoms with E-state index in [1.54, 1.807) is 0 Å². The van der Waals surface area contributed by atoms with E-state index in [9.17, 15) is 5.11 Å². The summed E-state index contributed by atoms with van der Waals surface area (Å²) >= 11 is 1.92. The number of aliphatic hydroxyl groups is 1. The third kappa shape index (κ3) is 8.60.